The number of furan rings is 1. The van der Waals surface area contributed by atoms with Crippen LogP contribution in [0.4, 0.5) is 5.82 Å². The largest absolute Gasteiger partial charge is 0.456 e. The number of ether oxygens (including phenoxy) is 1. The predicted octanol–water partition coefficient (Wildman–Crippen LogP) is 5.30. The number of aryl methyl sites for hydroxylation is 1. The predicted molar refractivity (Wildman–Crippen MR) is 125 cm³/mol. The SMILES string of the molecule is Cc1cc(NC(=O)C2CCCO2)nn1Cc1cc(Cl)cc2cc(-c3ccc(C#N)cc3)oc12. The minimum Gasteiger partial charge on any atom is -0.456 e. The van der Waals surface area contributed by atoms with Crippen molar-refractivity contribution >= 4 is 34.3 Å². The lowest BCUT2D eigenvalue weighted by Crippen LogP contribution is -2.27. The number of amides is 1. The van der Waals surface area contributed by atoms with Gasteiger partial charge in [-0.15, -0.1) is 0 Å². The van der Waals surface area contributed by atoms with Crippen LogP contribution in [0.3, 0.4) is 0 Å². The van der Waals surface area contributed by atoms with Crippen LogP contribution in [0, 0.1) is 18.3 Å². The van der Waals surface area contributed by atoms with Gasteiger partial charge in [-0.1, -0.05) is 11.6 Å². The van der Waals surface area contributed by atoms with Gasteiger partial charge in [-0.3, -0.25) is 9.48 Å². The number of halogens is 1. The van der Waals surface area contributed by atoms with E-state index in [1.54, 1.807) is 16.8 Å². The molecule has 7 nitrogen and oxygen atoms in total. The summed E-state index contributed by atoms with van der Waals surface area (Å²) in [5.41, 5.74) is 3.96. The number of aromatic nitrogens is 2. The number of nitrogens with one attached hydrogen (secondary N) is 1. The van der Waals surface area contributed by atoms with Crippen molar-refractivity contribution in [2.24, 2.45) is 0 Å². The Kier molecular flexibility index (Phi) is 5.63. The highest BCUT2D eigenvalue weighted by molar-refractivity contribution is 6.31. The normalized spacial score (nSPS) is 15.6. The first kappa shape index (κ1) is 21.3. The first-order chi connectivity index (χ1) is 16.0. The molecule has 1 fully saturated rings. The number of nitrogens with zero attached hydrogens (tertiary/aromatic N) is 3. The number of nitriles is 1. The fourth-order valence-electron chi connectivity index (χ4n) is 4.04. The highest BCUT2D eigenvalue weighted by Crippen LogP contribution is 2.33. The Hall–Kier alpha value is -3.60. The maximum Gasteiger partial charge on any atom is 0.254 e. The molecule has 0 spiro atoms. The number of rotatable bonds is 5. The van der Waals surface area contributed by atoms with Crippen LogP contribution in [0.2, 0.25) is 5.02 Å². The van der Waals surface area contributed by atoms with E-state index >= 15 is 0 Å². The van der Waals surface area contributed by atoms with Crippen molar-refractivity contribution in [3.63, 3.8) is 0 Å². The minimum absolute atomic E-state index is 0.166. The number of benzene rings is 2. The number of hydrogen-bond acceptors (Lipinski definition) is 5. The summed E-state index contributed by atoms with van der Waals surface area (Å²) in [6, 6.07) is 16.9. The zero-order valence-corrected chi connectivity index (χ0v) is 18.7. The van der Waals surface area contributed by atoms with Gasteiger partial charge in [0.25, 0.3) is 5.91 Å². The molecule has 2 aromatic carbocycles. The molecule has 8 heteroatoms. The second-order valence-corrected chi connectivity index (χ2v) is 8.54. The summed E-state index contributed by atoms with van der Waals surface area (Å²) in [7, 11) is 0. The molecule has 0 radical (unpaired) electrons. The summed E-state index contributed by atoms with van der Waals surface area (Å²) in [6.45, 7) is 2.98. The van der Waals surface area contributed by atoms with E-state index in [1.807, 2.05) is 43.3 Å². The lowest BCUT2D eigenvalue weighted by molar-refractivity contribution is -0.124. The van der Waals surface area contributed by atoms with Crippen LogP contribution in [-0.4, -0.2) is 28.4 Å². The summed E-state index contributed by atoms with van der Waals surface area (Å²) >= 11 is 6.39. The van der Waals surface area contributed by atoms with Gasteiger partial charge in [0.15, 0.2) is 5.82 Å². The van der Waals surface area contributed by atoms with Crippen LogP contribution in [0.15, 0.2) is 52.9 Å². The summed E-state index contributed by atoms with van der Waals surface area (Å²) in [6.07, 6.45) is 1.21. The van der Waals surface area contributed by atoms with Crippen molar-refractivity contribution in [1.82, 2.24) is 9.78 Å². The molecule has 0 saturated carbocycles. The Morgan fingerprint density at radius 2 is 2.09 bits per heavy atom. The summed E-state index contributed by atoms with van der Waals surface area (Å²) in [5, 5.41) is 17.9. The Morgan fingerprint density at radius 3 is 2.82 bits per heavy atom. The minimum atomic E-state index is -0.410. The van der Waals surface area contributed by atoms with Gasteiger partial charge in [0, 0.05) is 39.9 Å². The van der Waals surface area contributed by atoms with Gasteiger partial charge in [-0.05, 0) is 62.2 Å². The third-order valence-corrected chi connectivity index (χ3v) is 5.95. The van der Waals surface area contributed by atoms with Crippen molar-refractivity contribution in [1.29, 1.82) is 5.26 Å². The van der Waals surface area contributed by atoms with E-state index in [-0.39, 0.29) is 5.91 Å². The molecule has 166 valence electrons. The van der Waals surface area contributed by atoms with Crippen LogP contribution in [0.25, 0.3) is 22.3 Å². The van der Waals surface area contributed by atoms with E-state index < -0.39 is 6.10 Å². The third-order valence-electron chi connectivity index (χ3n) is 5.73. The molecular weight excluding hydrogens is 440 g/mol. The van der Waals surface area contributed by atoms with Crippen molar-refractivity contribution in [3.05, 3.63) is 70.4 Å². The maximum atomic E-state index is 12.4. The molecule has 1 saturated heterocycles. The molecule has 1 unspecified atom stereocenters. The zero-order chi connectivity index (χ0) is 22.9. The van der Waals surface area contributed by atoms with Gasteiger partial charge in [0.05, 0.1) is 18.2 Å². The number of anilines is 1. The molecule has 1 atom stereocenters. The van der Waals surface area contributed by atoms with Gasteiger partial charge < -0.3 is 14.5 Å². The van der Waals surface area contributed by atoms with Crippen molar-refractivity contribution in [2.45, 2.75) is 32.4 Å². The van der Waals surface area contributed by atoms with E-state index in [2.05, 4.69) is 16.5 Å². The highest BCUT2D eigenvalue weighted by Gasteiger charge is 2.24. The van der Waals surface area contributed by atoms with Crippen molar-refractivity contribution < 1.29 is 13.9 Å². The molecule has 1 N–H and O–H groups in total. The van der Waals surface area contributed by atoms with Crippen LogP contribution < -0.4 is 5.32 Å². The average molecular weight is 461 g/mol. The van der Waals surface area contributed by atoms with Gasteiger partial charge in [0.2, 0.25) is 0 Å². The van der Waals surface area contributed by atoms with Crippen LogP contribution in [0.1, 0.15) is 29.7 Å². The second-order valence-electron chi connectivity index (χ2n) is 8.10. The molecular formula is C25H21ClN4O3. The van der Waals surface area contributed by atoms with Gasteiger partial charge in [-0.25, -0.2) is 0 Å². The van der Waals surface area contributed by atoms with Crippen molar-refractivity contribution in [3.8, 4) is 17.4 Å². The molecule has 4 aromatic rings. The molecule has 0 bridgehead atoms. The Bertz CT molecular complexity index is 1380. The first-order valence-corrected chi connectivity index (χ1v) is 11.1. The van der Waals surface area contributed by atoms with E-state index in [9.17, 15) is 4.79 Å². The molecule has 5 rings (SSSR count). The molecule has 0 aliphatic carbocycles. The topological polar surface area (TPSA) is 93.1 Å². The maximum absolute atomic E-state index is 12.4. The first-order valence-electron chi connectivity index (χ1n) is 10.7. The molecule has 1 aliphatic heterocycles. The summed E-state index contributed by atoms with van der Waals surface area (Å²) in [5.74, 6) is 1.02. The van der Waals surface area contributed by atoms with E-state index in [0.29, 0.717) is 35.3 Å². The number of hydrogen-bond donors (Lipinski definition) is 1. The summed E-state index contributed by atoms with van der Waals surface area (Å²) < 4.78 is 13.4. The smallest absolute Gasteiger partial charge is 0.254 e. The zero-order valence-electron chi connectivity index (χ0n) is 18.0. The lowest BCUT2D eigenvalue weighted by atomic mass is 10.1. The number of fused-ring (bicyclic) bond motifs is 1. The Labute approximate surface area is 195 Å². The number of carbonyl (C=O) groups excluding carboxylic acids is 1. The van der Waals surface area contributed by atoms with Gasteiger partial charge in [-0.2, -0.15) is 10.4 Å². The molecule has 1 amide bonds. The average Bonchev–Trinajstić information content (AvgIpc) is 3.54. The molecule has 1 aliphatic rings. The molecule has 2 aromatic heterocycles. The van der Waals surface area contributed by atoms with E-state index in [4.69, 9.17) is 26.0 Å². The standard InChI is InChI=1S/C25H21ClN4O3/c1-15-9-23(28-25(31)21-3-2-8-32-21)29-30(15)14-19-11-20(26)10-18-12-22(33-24(18)19)17-6-4-16(13-27)5-7-17/h4-7,9-12,21H,2-3,8,14H2,1H3,(H,28,29,31). The fourth-order valence-corrected chi connectivity index (χ4v) is 4.29. The quantitative estimate of drug-likeness (QED) is 0.436. The Morgan fingerprint density at radius 1 is 1.27 bits per heavy atom. The molecule has 3 heterocycles. The number of carbonyl (C=O) groups is 1. The molecule has 33 heavy (non-hydrogen) atoms. The van der Waals surface area contributed by atoms with Crippen LogP contribution in [-0.2, 0) is 16.1 Å². The highest BCUT2D eigenvalue weighted by atomic mass is 35.5. The van der Waals surface area contributed by atoms with Gasteiger partial charge in [0.1, 0.15) is 17.4 Å². The third kappa shape index (κ3) is 4.36. The Balaban J connectivity index is 1.42. The monoisotopic (exact) mass is 460 g/mol. The second kappa shape index (κ2) is 8.74. The fraction of sp³-hybridized carbons (Fsp3) is 0.240. The van der Waals surface area contributed by atoms with Crippen LogP contribution in [0.5, 0.6) is 0 Å². The summed E-state index contributed by atoms with van der Waals surface area (Å²) in [4.78, 5) is 12.4. The van der Waals surface area contributed by atoms with E-state index in [1.165, 1.54) is 0 Å². The lowest BCUT2D eigenvalue weighted by Gasteiger charge is -2.08. The van der Waals surface area contributed by atoms with E-state index in [0.717, 1.165) is 40.6 Å². The van der Waals surface area contributed by atoms with Crippen molar-refractivity contribution in [2.75, 3.05) is 11.9 Å². The van der Waals surface area contributed by atoms with Gasteiger partial charge >= 0.3 is 0 Å². The van der Waals surface area contributed by atoms with Crippen LogP contribution >= 0.6 is 11.6 Å².